The summed E-state index contributed by atoms with van der Waals surface area (Å²) in [6, 6.07) is 0. The number of likely N-dealkylation sites (N-methyl/N-ethyl adjacent to an activating group) is 1. The molecule has 176 valence electrons. The summed E-state index contributed by atoms with van der Waals surface area (Å²) in [5.41, 5.74) is 0.571. The molecular formula is C20H34N3O8+. The van der Waals surface area contributed by atoms with E-state index in [4.69, 9.17) is 18.9 Å². The molecular weight excluding hydrogens is 410 g/mol. The standard InChI is InChI=1S/C20H33N3O8/c1-15(2)17(24)28-11-7-21-19(26)30-13-9-23(5,6)10-14-31-20(27)22-8-12-29-18(25)16(3)4/h1,3,7-14H2,2,4-6H3,(H-,21,22,26,27)/p+1. The normalized spacial score (nSPS) is 10.5. The highest BCUT2D eigenvalue weighted by Crippen LogP contribution is 1.98. The predicted molar refractivity (Wildman–Crippen MR) is 112 cm³/mol. The van der Waals surface area contributed by atoms with Crippen LogP contribution < -0.4 is 10.6 Å². The third-order valence-corrected chi connectivity index (χ3v) is 3.77. The molecule has 0 saturated carbocycles. The topological polar surface area (TPSA) is 129 Å². The first-order valence-electron chi connectivity index (χ1n) is 9.73. The summed E-state index contributed by atoms with van der Waals surface area (Å²) >= 11 is 0. The zero-order valence-corrected chi connectivity index (χ0v) is 18.8. The molecule has 0 radical (unpaired) electrons. The van der Waals surface area contributed by atoms with Crippen LogP contribution in [0.4, 0.5) is 9.59 Å². The maximum Gasteiger partial charge on any atom is 0.407 e. The van der Waals surface area contributed by atoms with Gasteiger partial charge in [0.05, 0.1) is 27.2 Å². The number of ether oxygens (including phenoxy) is 4. The minimum Gasteiger partial charge on any atom is -0.460 e. The lowest BCUT2D eigenvalue weighted by molar-refractivity contribution is -0.890. The van der Waals surface area contributed by atoms with E-state index in [1.54, 1.807) is 0 Å². The Hall–Kier alpha value is -3.08. The highest BCUT2D eigenvalue weighted by atomic mass is 16.6. The van der Waals surface area contributed by atoms with Gasteiger partial charge in [-0.2, -0.15) is 0 Å². The summed E-state index contributed by atoms with van der Waals surface area (Å²) < 4.78 is 20.3. The second-order valence-corrected chi connectivity index (χ2v) is 7.34. The molecule has 0 aromatic heterocycles. The molecule has 0 aromatic carbocycles. The van der Waals surface area contributed by atoms with Crippen LogP contribution in [-0.4, -0.2) is 95.3 Å². The van der Waals surface area contributed by atoms with Crippen molar-refractivity contribution in [3.05, 3.63) is 24.3 Å². The summed E-state index contributed by atoms with van der Waals surface area (Å²) in [6.45, 7) is 11.6. The summed E-state index contributed by atoms with van der Waals surface area (Å²) in [5.74, 6) is -1.03. The summed E-state index contributed by atoms with van der Waals surface area (Å²) in [4.78, 5) is 45.6. The molecule has 0 spiro atoms. The Labute approximate surface area is 182 Å². The Bertz CT molecular complexity index is 607. The van der Waals surface area contributed by atoms with Crippen molar-refractivity contribution in [1.29, 1.82) is 0 Å². The van der Waals surface area contributed by atoms with Gasteiger partial charge < -0.3 is 34.1 Å². The number of rotatable bonds is 14. The van der Waals surface area contributed by atoms with Gasteiger partial charge in [-0.05, 0) is 13.8 Å². The fourth-order valence-corrected chi connectivity index (χ4v) is 1.82. The van der Waals surface area contributed by atoms with Gasteiger partial charge in [-0.3, -0.25) is 0 Å². The largest absolute Gasteiger partial charge is 0.460 e. The number of esters is 2. The first-order chi connectivity index (χ1) is 14.4. The molecule has 11 heteroatoms. The van der Waals surface area contributed by atoms with Crippen LogP contribution in [0.2, 0.25) is 0 Å². The van der Waals surface area contributed by atoms with E-state index < -0.39 is 24.1 Å². The van der Waals surface area contributed by atoms with E-state index in [1.807, 2.05) is 14.1 Å². The molecule has 2 N–H and O–H groups in total. The van der Waals surface area contributed by atoms with Crippen LogP contribution in [0.3, 0.4) is 0 Å². The van der Waals surface area contributed by atoms with Gasteiger partial charge in [0.15, 0.2) is 0 Å². The molecule has 0 aliphatic heterocycles. The third kappa shape index (κ3) is 15.4. The van der Waals surface area contributed by atoms with Crippen molar-refractivity contribution in [2.45, 2.75) is 13.8 Å². The molecule has 0 heterocycles. The Kier molecular flexibility index (Phi) is 13.4. The second-order valence-electron chi connectivity index (χ2n) is 7.34. The van der Waals surface area contributed by atoms with Gasteiger partial charge in [0, 0.05) is 11.1 Å². The number of carbonyl (C=O) groups is 4. The Morgan fingerprint density at radius 2 is 1.03 bits per heavy atom. The Balaban J connectivity index is 3.83. The molecule has 0 aromatic rings. The lowest BCUT2D eigenvalue weighted by Crippen LogP contribution is -2.46. The lowest BCUT2D eigenvalue weighted by atomic mass is 10.4. The molecule has 0 aliphatic rings. The van der Waals surface area contributed by atoms with Crippen molar-refractivity contribution >= 4 is 24.1 Å². The molecule has 0 fully saturated rings. The first kappa shape index (κ1) is 27.9. The van der Waals surface area contributed by atoms with Gasteiger partial charge >= 0.3 is 24.1 Å². The second kappa shape index (κ2) is 14.8. The smallest absolute Gasteiger partial charge is 0.407 e. The van der Waals surface area contributed by atoms with Crippen LogP contribution in [0.5, 0.6) is 0 Å². The van der Waals surface area contributed by atoms with Crippen LogP contribution in [0.15, 0.2) is 24.3 Å². The maximum absolute atomic E-state index is 11.6. The number of carbonyl (C=O) groups excluding carboxylic acids is 4. The Morgan fingerprint density at radius 3 is 1.35 bits per heavy atom. The molecule has 0 aliphatic carbocycles. The number of nitrogens with one attached hydrogen (secondary N) is 2. The minimum atomic E-state index is -0.616. The van der Waals surface area contributed by atoms with Gasteiger partial charge in [-0.15, -0.1) is 0 Å². The number of quaternary nitrogens is 1. The Morgan fingerprint density at radius 1 is 0.677 bits per heavy atom. The number of alkyl carbamates (subject to hydrolysis) is 2. The van der Waals surface area contributed by atoms with E-state index in [0.29, 0.717) is 17.6 Å². The van der Waals surface area contributed by atoms with Gasteiger partial charge in [0.1, 0.15) is 39.5 Å². The van der Waals surface area contributed by atoms with Crippen molar-refractivity contribution < 1.29 is 42.6 Å². The average molecular weight is 445 g/mol. The van der Waals surface area contributed by atoms with Crippen LogP contribution >= 0.6 is 0 Å². The fraction of sp³-hybridized carbons (Fsp3) is 0.600. The highest BCUT2D eigenvalue weighted by molar-refractivity contribution is 5.87. The molecule has 11 nitrogen and oxygen atoms in total. The maximum atomic E-state index is 11.6. The summed E-state index contributed by atoms with van der Waals surface area (Å²) in [7, 11) is 3.80. The monoisotopic (exact) mass is 444 g/mol. The van der Waals surface area contributed by atoms with Crippen LogP contribution in [0.25, 0.3) is 0 Å². The van der Waals surface area contributed by atoms with E-state index in [0.717, 1.165) is 0 Å². The van der Waals surface area contributed by atoms with Gasteiger partial charge in [-0.1, -0.05) is 13.2 Å². The summed E-state index contributed by atoms with van der Waals surface area (Å²) in [6.07, 6.45) is -1.23. The first-order valence-corrected chi connectivity index (χ1v) is 9.73. The van der Waals surface area contributed by atoms with Crippen molar-refractivity contribution in [1.82, 2.24) is 10.6 Å². The van der Waals surface area contributed by atoms with Crippen molar-refractivity contribution in [2.75, 3.05) is 66.7 Å². The third-order valence-electron chi connectivity index (χ3n) is 3.77. The molecule has 2 amide bonds. The quantitative estimate of drug-likeness (QED) is 0.132. The number of nitrogens with zero attached hydrogens (tertiary/aromatic N) is 1. The lowest BCUT2D eigenvalue weighted by Gasteiger charge is -2.29. The van der Waals surface area contributed by atoms with Crippen molar-refractivity contribution in [3.63, 3.8) is 0 Å². The fourth-order valence-electron chi connectivity index (χ4n) is 1.82. The molecule has 0 unspecified atom stereocenters. The molecule has 31 heavy (non-hydrogen) atoms. The van der Waals surface area contributed by atoms with Gasteiger partial charge in [0.2, 0.25) is 0 Å². The zero-order chi connectivity index (χ0) is 23.9. The number of amides is 2. The van der Waals surface area contributed by atoms with Crippen molar-refractivity contribution in [3.8, 4) is 0 Å². The molecule has 0 rings (SSSR count). The average Bonchev–Trinajstić information content (AvgIpc) is 2.67. The van der Waals surface area contributed by atoms with Crippen LogP contribution in [0.1, 0.15) is 13.8 Å². The van der Waals surface area contributed by atoms with Crippen LogP contribution in [-0.2, 0) is 28.5 Å². The van der Waals surface area contributed by atoms with Crippen molar-refractivity contribution in [2.24, 2.45) is 0 Å². The van der Waals surface area contributed by atoms with Crippen LogP contribution in [0, 0.1) is 0 Å². The van der Waals surface area contributed by atoms with E-state index in [9.17, 15) is 19.2 Å². The van der Waals surface area contributed by atoms with E-state index in [1.165, 1.54) is 13.8 Å². The summed E-state index contributed by atoms with van der Waals surface area (Å²) in [5, 5.41) is 4.94. The van der Waals surface area contributed by atoms with Gasteiger partial charge in [-0.25, -0.2) is 19.2 Å². The minimum absolute atomic E-state index is 0.0259. The van der Waals surface area contributed by atoms with E-state index >= 15 is 0 Å². The molecule has 0 bridgehead atoms. The number of hydrogen-bond acceptors (Lipinski definition) is 8. The molecule has 0 saturated heterocycles. The molecule has 0 atom stereocenters. The predicted octanol–water partition coefficient (Wildman–Crippen LogP) is 0.754. The zero-order valence-electron chi connectivity index (χ0n) is 18.8. The number of hydrogen-bond donors (Lipinski definition) is 2. The highest BCUT2D eigenvalue weighted by Gasteiger charge is 2.17. The SMILES string of the molecule is C=C(C)C(=O)OCCNC(=O)OCC[N+](C)(C)CCOC(=O)NCCOC(=O)C(=C)C. The van der Waals surface area contributed by atoms with E-state index in [-0.39, 0.29) is 50.7 Å². The van der Waals surface area contributed by atoms with E-state index in [2.05, 4.69) is 23.8 Å². The van der Waals surface area contributed by atoms with Gasteiger partial charge in [0.25, 0.3) is 0 Å².